The van der Waals surface area contributed by atoms with Crippen LogP contribution in [0.2, 0.25) is 0 Å². The molecule has 5 rings (SSSR count). The van der Waals surface area contributed by atoms with Crippen LogP contribution in [0, 0.1) is 5.92 Å². The summed E-state index contributed by atoms with van der Waals surface area (Å²) in [4.78, 5) is 4.72. The molecule has 0 spiro atoms. The van der Waals surface area contributed by atoms with E-state index in [0.29, 0.717) is 0 Å². The molecule has 0 radical (unpaired) electrons. The van der Waals surface area contributed by atoms with Crippen molar-refractivity contribution in [1.82, 2.24) is 0 Å². The second-order valence-electron chi connectivity index (χ2n) is 9.12. The molecule has 1 aliphatic rings. The van der Waals surface area contributed by atoms with Gasteiger partial charge in [-0.15, -0.1) is 0 Å². The summed E-state index contributed by atoms with van der Waals surface area (Å²) in [6.07, 6.45) is -0.216. The lowest BCUT2D eigenvalue weighted by atomic mass is 9.94. The molecule has 1 saturated heterocycles. The molecule has 1 fully saturated rings. The molecule has 3 atom stereocenters. The fourth-order valence-corrected chi connectivity index (χ4v) is 8.99. The van der Waals surface area contributed by atoms with E-state index in [-0.39, 0.29) is 18.1 Å². The Morgan fingerprint density at radius 1 is 0.722 bits per heavy atom. The van der Waals surface area contributed by atoms with Crippen LogP contribution in [0.25, 0.3) is 0 Å². The maximum atomic E-state index is 7.24. The number of ether oxygens (including phenoxy) is 2. The molecule has 1 heterocycles. The van der Waals surface area contributed by atoms with Crippen molar-refractivity contribution in [2.24, 2.45) is 10.9 Å². The number of hydrogen-bond acceptors (Lipinski definition) is 4. The van der Waals surface area contributed by atoms with Crippen LogP contribution < -0.4 is 20.3 Å². The Hall–Kier alpha value is -3.67. The van der Waals surface area contributed by atoms with E-state index in [1.165, 1.54) is 15.6 Å². The van der Waals surface area contributed by atoms with E-state index in [9.17, 15) is 0 Å². The van der Waals surface area contributed by atoms with Crippen molar-refractivity contribution in [3.63, 3.8) is 0 Å². The Kier molecular flexibility index (Phi) is 7.03. The first-order valence-corrected chi connectivity index (χ1v) is 14.3. The van der Waals surface area contributed by atoms with Gasteiger partial charge in [0.05, 0.1) is 24.8 Å². The highest BCUT2D eigenvalue weighted by Crippen LogP contribution is 2.31. The Balaban J connectivity index is 1.47. The molecular weight excluding hydrogens is 462 g/mol. The molecule has 5 heteroatoms. The number of rotatable bonds is 8. The van der Waals surface area contributed by atoms with Crippen LogP contribution in [-0.2, 0) is 9.16 Å². The topological polar surface area (TPSA) is 40.0 Å². The molecule has 36 heavy (non-hydrogen) atoms. The lowest BCUT2D eigenvalue weighted by Crippen LogP contribution is -2.71. The van der Waals surface area contributed by atoms with Gasteiger partial charge in [0.15, 0.2) is 5.90 Å². The second kappa shape index (κ2) is 10.5. The van der Waals surface area contributed by atoms with E-state index in [1.807, 2.05) is 24.3 Å². The fourth-order valence-electron chi connectivity index (χ4n) is 4.90. The molecule has 1 aliphatic heterocycles. The highest BCUT2D eigenvalue weighted by molar-refractivity contribution is 7.07. The SMILES string of the molecule is COc1ccc(N=C2O[C@@H]([C@H](C)O[Si](c3ccccc3)(c3ccccc3)c3ccccc3)[C@@H]2C)cc1. The summed E-state index contributed by atoms with van der Waals surface area (Å²) >= 11 is 0. The molecule has 0 bridgehead atoms. The number of hydrogen-bond donors (Lipinski definition) is 0. The minimum atomic E-state index is -2.80. The normalized spacial score (nSPS) is 19.2. The van der Waals surface area contributed by atoms with Crippen LogP contribution in [0.5, 0.6) is 5.75 Å². The predicted molar refractivity (Wildman–Crippen MR) is 149 cm³/mol. The maximum Gasteiger partial charge on any atom is 0.288 e. The number of nitrogens with zero attached hydrogens (tertiary/aromatic N) is 1. The minimum Gasteiger partial charge on any atom is -0.497 e. The third kappa shape index (κ3) is 4.60. The average Bonchev–Trinajstić information content (AvgIpc) is 2.95. The molecule has 4 nitrogen and oxygen atoms in total. The highest BCUT2D eigenvalue weighted by Gasteiger charge is 2.48. The molecule has 0 unspecified atom stereocenters. The van der Waals surface area contributed by atoms with Crippen molar-refractivity contribution in [2.45, 2.75) is 26.1 Å². The first-order chi connectivity index (χ1) is 17.6. The smallest absolute Gasteiger partial charge is 0.288 e. The van der Waals surface area contributed by atoms with E-state index in [0.717, 1.165) is 17.3 Å². The molecule has 182 valence electrons. The zero-order valence-corrected chi connectivity index (χ0v) is 21.9. The summed E-state index contributed by atoms with van der Waals surface area (Å²) < 4.78 is 18.7. The zero-order chi connectivity index (χ0) is 25.0. The lowest BCUT2D eigenvalue weighted by molar-refractivity contribution is -0.0211. The summed E-state index contributed by atoms with van der Waals surface area (Å²) in [7, 11) is -1.14. The van der Waals surface area contributed by atoms with Gasteiger partial charge < -0.3 is 13.9 Å². The van der Waals surface area contributed by atoms with Crippen molar-refractivity contribution < 1.29 is 13.9 Å². The molecule has 0 aromatic heterocycles. The number of aliphatic imine (C=N–C) groups is 1. The van der Waals surface area contributed by atoms with E-state index in [4.69, 9.17) is 18.9 Å². The molecule has 4 aromatic rings. The van der Waals surface area contributed by atoms with E-state index in [1.54, 1.807) is 7.11 Å². The van der Waals surface area contributed by atoms with Gasteiger partial charge in [0.2, 0.25) is 0 Å². The molecule has 0 aliphatic carbocycles. The van der Waals surface area contributed by atoms with Gasteiger partial charge in [-0.3, -0.25) is 0 Å². The van der Waals surface area contributed by atoms with E-state index < -0.39 is 8.32 Å². The van der Waals surface area contributed by atoms with Crippen LogP contribution in [0.3, 0.4) is 0 Å². The monoisotopic (exact) mass is 493 g/mol. The van der Waals surface area contributed by atoms with Crippen molar-refractivity contribution in [3.05, 3.63) is 115 Å². The Morgan fingerprint density at radius 3 is 1.61 bits per heavy atom. The fraction of sp³-hybridized carbons (Fsp3) is 0.194. The first-order valence-electron chi connectivity index (χ1n) is 12.4. The first kappa shape index (κ1) is 24.0. The second-order valence-corrected chi connectivity index (χ2v) is 12.5. The Labute approximate surface area is 214 Å². The van der Waals surface area contributed by atoms with Gasteiger partial charge in [0.25, 0.3) is 8.32 Å². The van der Waals surface area contributed by atoms with Gasteiger partial charge >= 0.3 is 0 Å². The Bertz CT molecular complexity index is 1200. The Morgan fingerprint density at radius 2 is 1.19 bits per heavy atom. The number of methoxy groups -OCH3 is 1. The third-order valence-electron chi connectivity index (χ3n) is 6.82. The van der Waals surface area contributed by atoms with Crippen LogP contribution in [0.15, 0.2) is 120 Å². The molecular formula is C31H31NO3Si. The van der Waals surface area contributed by atoms with Crippen molar-refractivity contribution in [3.8, 4) is 5.75 Å². The van der Waals surface area contributed by atoms with Crippen molar-refractivity contribution in [2.75, 3.05) is 7.11 Å². The van der Waals surface area contributed by atoms with Gasteiger partial charge in [-0.2, -0.15) is 0 Å². The minimum absolute atomic E-state index is 0.0787. The van der Waals surface area contributed by atoms with Gasteiger partial charge in [0, 0.05) is 0 Å². The van der Waals surface area contributed by atoms with E-state index in [2.05, 4.69) is 105 Å². The summed E-state index contributed by atoms with van der Waals surface area (Å²) in [5.41, 5.74) is 0.853. The summed E-state index contributed by atoms with van der Waals surface area (Å²) in [6.45, 7) is 4.29. The largest absolute Gasteiger partial charge is 0.497 e. The zero-order valence-electron chi connectivity index (χ0n) is 20.9. The molecule has 0 amide bonds. The molecule has 0 N–H and O–H groups in total. The molecule has 0 saturated carbocycles. The lowest BCUT2D eigenvalue weighted by Gasteiger charge is -2.44. The van der Waals surface area contributed by atoms with Crippen LogP contribution in [0.1, 0.15) is 13.8 Å². The highest BCUT2D eigenvalue weighted by atomic mass is 28.4. The van der Waals surface area contributed by atoms with Crippen LogP contribution >= 0.6 is 0 Å². The van der Waals surface area contributed by atoms with E-state index >= 15 is 0 Å². The summed E-state index contributed by atoms with van der Waals surface area (Å²) in [5, 5.41) is 3.65. The maximum absolute atomic E-state index is 7.24. The number of benzene rings is 4. The van der Waals surface area contributed by atoms with Gasteiger partial charge in [-0.1, -0.05) is 97.9 Å². The summed E-state index contributed by atoms with van der Waals surface area (Å²) in [6, 6.07) is 39.6. The van der Waals surface area contributed by atoms with Gasteiger partial charge in [-0.05, 0) is 46.7 Å². The van der Waals surface area contributed by atoms with Crippen molar-refractivity contribution >= 4 is 35.5 Å². The quantitative estimate of drug-likeness (QED) is 0.261. The standard InChI is InChI=1S/C31H31NO3Si/c1-23-30(34-31(23)32-25-19-21-26(33-3)22-20-25)24(2)35-36(27-13-7-4-8-14-27,28-15-9-5-10-16-28)29-17-11-6-12-18-29/h4-24,30H,1-3H3/t23-,24-,30+/m0/s1. The average molecular weight is 494 g/mol. The van der Waals surface area contributed by atoms with Gasteiger partial charge in [0.1, 0.15) is 11.9 Å². The predicted octanol–water partition coefficient (Wildman–Crippen LogP) is 4.83. The van der Waals surface area contributed by atoms with Gasteiger partial charge in [-0.25, -0.2) is 4.99 Å². The summed E-state index contributed by atoms with van der Waals surface area (Å²) in [5.74, 6) is 1.70. The van der Waals surface area contributed by atoms with Crippen molar-refractivity contribution in [1.29, 1.82) is 0 Å². The van der Waals surface area contributed by atoms with Crippen LogP contribution in [-0.4, -0.2) is 33.5 Å². The third-order valence-corrected chi connectivity index (χ3v) is 11.0. The molecule has 4 aromatic carbocycles. The van der Waals surface area contributed by atoms with Crippen LogP contribution in [0.4, 0.5) is 5.69 Å².